The van der Waals surface area contributed by atoms with Crippen LogP contribution in [0.3, 0.4) is 0 Å². The van der Waals surface area contributed by atoms with Crippen LogP contribution in [-0.4, -0.2) is 22.7 Å². The fraction of sp³-hybridized carbons (Fsp3) is 0.190. The minimum atomic E-state index is -0.339. The van der Waals surface area contributed by atoms with Gasteiger partial charge in [-0.3, -0.25) is 0 Å². The highest BCUT2D eigenvalue weighted by atomic mass is 19.1. The Bertz CT molecular complexity index is 927. The van der Waals surface area contributed by atoms with E-state index in [1.807, 2.05) is 37.3 Å². The van der Waals surface area contributed by atoms with Crippen molar-refractivity contribution in [3.8, 4) is 23.0 Å². The third-order valence-corrected chi connectivity index (χ3v) is 3.97. The first-order chi connectivity index (χ1) is 13.1. The Morgan fingerprint density at radius 1 is 1.07 bits per heavy atom. The van der Waals surface area contributed by atoms with Gasteiger partial charge in [-0.15, -0.1) is 0 Å². The summed E-state index contributed by atoms with van der Waals surface area (Å²) < 4.78 is 19.1. The first-order valence-corrected chi connectivity index (χ1v) is 8.78. The van der Waals surface area contributed by atoms with Crippen molar-refractivity contribution in [2.45, 2.75) is 19.8 Å². The van der Waals surface area contributed by atoms with Crippen molar-refractivity contribution in [3.63, 3.8) is 0 Å². The molecule has 0 fully saturated rings. The molecule has 0 saturated carbocycles. The molecule has 0 unspecified atom stereocenters. The van der Waals surface area contributed by atoms with Crippen molar-refractivity contribution in [3.05, 3.63) is 66.1 Å². The van der Waals surface area contributed by atoms with Gasteiger partial charge in [-0.25, -0.2) is 9.37 Å². The van der Waals surface area contributed by atoms with Gasteiger partial charge in [0.1, 0.15) is 22.9 Å². The molecule has 0 radical (unpaired) electrons. The van der Waals surface area contributed by atoms with Gasteiger partial charge in [0, 0.05) is 12.6 Å². The van der Waals surface area contributed by atoms with E-state index in [1.165, 1.54) is 24.3 Å². The summed E-state index contributed by atoms with van der Waals surface area (Å²) in [4.78, 5) is 9.16. The molecule has 0 bridgehead atoms. The second-order valence-electron chi connectivity index (χ2n) is 5.98. The van der Waals surface area contributed by atoms with E-state index in [1.54, 1.807) is 7.05 Å². The number of hydrogen-bond donors (Lipinski definition) is 2. The van der Waals surface area contributed by atoms with Crippen LogP contribution in [0.4, 0.5) is 10.1 Å². The number of anilines is 1. The molecule has 0 saturated heterocycles. The van der Waals surface area contributed by atoms with E-state index >= 15 is 0 Å². The van der Waals surface area contributed by atoms with Gasteiger partial charge in [0.15, 0.2) is 5.82 Å². The van der Waals surface area contributed by atoms with E-state index in [0.717, 1.165) is 12.0 Å². The van der Waals surface area contributed by atoms with E-state index in [-0.39, 0.29) is 5.82 Å². The highest BCUT2D eigenvalue weighted by Gasteiger charge is 2.19. The number of halogens is 1. The third-order valence-electron chi connectivity index (χ3n) is 3.97. The minimum Gasteiger partial charge on any atom is -0.437 e. The summed E-state index contributed by atoms with van der Waals surface area (Å²) in [5.41, 5.74) is 2.28. The SMILES string of the molecule is CCCC(=N)c1nc(-c2ccccc2)nc(Oc2ccc(F)cc2)c1NC. The van der Waals surface area contributed by atoms with Crippen LogP contribution in [0.2, 0.25) is 0 Å². The predicted molar refractivity (Wildman–Crippen MR) is 105 cm³/mol. The average molecular weight is 364 g/mol. The number of nitrogens with one attached hydrogen (secondary N) is 2. The molecular formula is C21H21FN4O. The maximum absolute atomic E-state index is 13.2. The predicted octanol–water partition coefficient (Wildman–Crippen LogP) is 5.28. The Labute approximate surface area is 157 Å². The lowest BCUT2D eigenvalue weighted by molar-refractivity contribution is 0.462. The summed E-state index contributed by atoms with van der Waals surface area (Å²) in [7, 11) is 1.74. The zero-order valence-electron chi connectivity index (χ0n) is 15.3. The first kappa shape index (κ1) is 18.5. The lowest BCUT2D eigenvalue weighted by atomic mass is 10.1. The van der Waals surface area contributed by atoms with Gasteiger partial charge in [0.2, 0.25) is 5.88 Å². The van der Waals surface area contributed by atoms with E-state index in [2.05, 4.69) is 15.3 Å². The summed E-state index contributed by atoms with van der Waals surface area (Å²) in [6.45, 7) is 2.02. The number of rotatable bonds is 7. The Balaban J connectivity index is 2.12. The molecule has 1 aromatic heterocycles. The zero-order chi connectivity index (χ0) is 19.2. The Kier molecular flexibility index (Phi) is 5.76. The van der Waals surface area contributed by atoms with Crippen molar-refractivity contribution in [1.82, 2.24) is 9.97 Å². The molecule has 0 aliphatic carbocycles. The normalized spacial score (nSPS) is 10.5. The summed E-state index contributed by atoms with van der Waals surface area (Å²) >= 11 is 0. The lowest BCUT2D eigenvalue weighted by Gasteiger charge is -2.16. The van der Waals surface area contributed by atoms with Crippen LogP contribution in [0.25, 0.3) is 11.4 Å². The summed E-state index contributed by atoms with van der Waals surface area (Å²) in [6.07, 6.45) is 1.43. The van der Waals surface area contributed by atoms with Crippen molar-refractivity contribution < 1.29 is 9.13 Å². The molecule has 0 spiro atoms. The van der Waals surface area contributed by atoms with Gasteiger partial charge in [0.05, 0.1) is 5.71 Å². The van der Waals surface area contributed by atoms with Gasteiger partial charge in [-0.05, 0) is 30.7 Å². The maximum atomic E-state index is 13.2. The van der Waals surface area contributed by atoms with Crippen molar-refractivity contribution in [1.29, 1.82) is 5.41 Å². The van der Waals surface area contributed by atoms with Gasteiger partial charge < -0.3 is 15.5 Å². The van der Waals surface area contributed by atoms with Gasteiger partial charge in [-0.2, -0.15) is 4.98 Å². The standard InChI is InChI=1S/C21H21FN4O/c1-3-7-17(23)18-19(24-2)21(27-16-12-10-15(22)11-13-16)26-20(25-18)14-8-5-4-6-9-14/h4-6,8-13,23-24H,3,7H2,1-2H3. The smallest absolute Gasteiger partial charge is 0.247 e. The molecule has 1 heterocycles. The van der Waals surface area contributed by atoms with Crippen molar-refractivity contribution >= 4 is 11.4 Å². The van der Waals surface area contributed by atoms with Crippen LogP contribution in [-0.2, 0) is 0 Å². The molecule has 2 N–H and O–H groups in total. The van der Waals surface area contributed by atoms with Crippen LogP contribution >= 0.6 is 0 Å². The molecule has 0 atom stereocenters. The second kappa shape index (κ2) is 8.40. The molecule has 6 heteroatoms. The van der Waals surface area contributed by atoms with E-state index < -0.39 is 0 Å². The Hall–Kier alpha value is -3.28. The molecule has 0 aliphatic heterocycles. The van der Waals surface area contributed by atoms with E-state index in [4.69, 9.17) is 10.1 Å². The van der Waals surface area contributed by atoms with Crippen LogP contribution in [0.15, 0.2) is 54.6 Å². The molecule has 0 aliphatic rings. The molecule has 2 aromatic carbocycles. The number of benzene rings is 2. The summed E-state index contributed by atoms with van der Waals surface area (Å²) in [6, 6.07) is 15.3. The Morgan fingerprint density at radius 3 is 2.41 bits per heavy atom. The highest BCUT2D eigenvalue weighted by Crippen LogP contribution is 2.33. The van der Waals surface area contributed by atoms with Crippen molar-refractivity contribution in [2.75, 3.05) is 12.4 Å². The average Bonchev–Trinajstić information content (AvgIpc) is 2.70. The van der Waals surface area contributed by atoms with Crippen molar-refractivity contribution in [2.24, 2.45) is 0 Å². The molecule has 27 heavy (non-hydrogen) atoms. The number of ether oxygens (including phenoxy) is 1. The third kappa shape index (κ3) is 4.28. The summed E-state index contributed by atoms with van der Waals surface area (Å²) in [5, 5.41) is 11.5. The van der Waals surface area contributed by atoms with Crippen LogP contribution < -0.4 is 10.1 Å². The highest BCUT2D eigenvalue weighted by molar-refractivity contribution is 6.02. The quantitative estimate of drug-likeness (QED) is 0.559. The number of aromatic nitrogens is 2. The van der Waals surface area contributed by atoms with E-state index in [0.29, 0.717) is 41.0 Å². The molecule has 3 rings (SSSR count). The topological polar surface area (TPSA) is 70.9 Å². The molecular weight excluding hydrogens is 343 g/mol. The second-order valence-corrected chi connectivity index (χ2v) is 5.98. The lowest BCUT2D eigenvalue weighted by Crippen LogP contribution is -2.11. The number of hydrogen-bond acceptors (Lipinski definition) is 5. The fourth-order valence-electron chi connectivity index (χ4n) is 2.66. The molecule has 138 valence electrons. The monoisotopic (exact) mass is 364 g/mol. The van der Waals surface area contributed by atoms with Crippen LogP contribution in [0.5, 0.6) is 11.6 Å². The zero-order valence-corrected chi connectivity index (χ0v) is 15.3. The Morgan fingerprint density at radius 2 is 1.78 bits per heavy atom. The largest absolute Gasteiger partial charge is 0.437 e. The first-order valence-electron chi connectivity index (χ1n) is 8.78. The van der Waals surface area contributed by atoms with Gasteiger partial charge in [0.25, 0.3) is 0 Å². The maximum Gasteiger partial charge on any atom is 0.247 e. The molecule has 5 nitrogen and oxygen atoms in total. The van der Waals surface area contributed by atoms with Gasteiger partial charge in [-0.1, -0.05) is 43.7 Å². The fourth-order valence-corrected chi connectivity index (χ4v) is 2.66. The van der Waals surface area contributed by atoms with Crippen LogP contribution in [0.1, 0.15) is 25.5 Å². The summed E-state index contributed by atoms with van der Waals surface area (Å²) in [5.74, 6) is 0.893. The number of nitrogens with zero attached hydrogens (tertiary/aromatic N) is 2. The van der Waals surface area contributed by atoms with E-state index in [9.17, 15) is 4.39 Å². The molecule has 3 aromatic rings. The minimum absolute atomic E-state index is 0.300. The van der Waals surface area contributed by atoms with Gasteiger partial charge >= 0.3 is 0 Å². The molecule has 0 amide bonds. The van der Waals surface area contributed by atoms with Crippen LogP contribution in [0, 0.1) is 11.2 Å².